The van der Waals surface area contributed by atoms with Gasteiger partial charge in [0.25, 0.3) is 0 Å². The third-order valence-corrected chi connectivity index (χ3v) is 3.01. The van der Waals surface area contributed by atoms with Gasteiger partial charge in [0.05, 0.1) is 17.4 Å². The second-order valence-corrected chi connectivity index (χ2v) is 4.46. The first-order chi connectivity index (χ1) is 10.5. The number of nitrogens with one attached hydrogen (secondary N) is 2. The molecule has 0 saturated carbocycles. The molecule has 0 amide bonds. The van der Waals surface area contributed by atoms with Gasteiger partial charge in [0.1, 0.15) is 22.9 Å². The minimum absolute atomic E-state index is 0.0562. The van der Waals surface area contributed by atoms with Crippen molar-refractivity contribution in [3.05, 3.63) is 53.6 Å². The lowest BCUT2D eigenvalue weighted by Gasteiger charge is -2.10. The predicted molar refractivity (Wildman–Crippen MR) is 73.5 cm³/mol. The van der Waals surface area contributed by atoms with E-state index in [4.69, 9.17) is 15.9 Å². The van der Waals surface area contributed by atoms with E-state index >= 15 is 0 Å². The fourth-order valence-corrected chi connectivity index (χ4v) is 1.98. The van der Waals surface area contributed by atoms with Crippen molar-refractivity contribution in [1.29, 1.82) is 5.41 Å². The quantitative estimate of drug-likeness (QED) is 0.513. The summed E-state index contributed by atoms with van der Waals surface area (Å²) < 4.78 is 46.7. The van der Waals surface area contributed by atoms with Gasteiger partial charge >= 0.3 is 0 Å². The molecule has 0 saturated heterocycles. The number of nitrogens with zero attached hydrogens (tertiary/aromatic N) is 1. The second kappa shape index (κ2) is 5.06. The lowest BCUT2D eigenvalue weighted by atomic mass is 10.2. The van der Waals surface area contributed by atoms with Crippen molar-refractivity contribution < 1.29 is 17.9 Å². The molecule has 0 aliphatic heterocycles. The molecule has 0 unspecified atom stereocenters. The molecule has 112 valence electrons. The summed E-state index contributed by atoms with van der Waals surface area (Å²) in [5.74, 6) is -3.90. The number of halogens is 3. The second-order valence-electron chi connectivity index (χ2n) is 4.46. The monoisotopic (exact) mass is 306 g/mol. The summed E-state index contributed by atoms with van der Waals surface area (Å²) in [5, 5.41) is 7.24. The molecule has 1 aromatic heterocycles. The number of benzene rings is 2. The largest absolute Gasteiger partial charge is 0.451 e. The highest BCUT2D eigenvalue weighted by Crippen LogP contribution is 2.32. The molecule has 4 N–H and O–H groups in total. The van der Waals surface area contributed by atoms with Crippen LogP contribution in [-0.4, -0.2) is 15.8 Å². The fourth-order valence-electron chi connectivity index (χ4n) is 1.98. The minimum atomic E-state index is -0.982. The lowest BCUT2D eigenvalue weighted by molar-refractivity contribution is 0.410. The van der Waals surface area contributed by atoms with E-state index in [1.165, 1.54) is 12.4 Å². The number of H-pyrrole nitrogens is 1. The van der Waals surface area contributed by atoms with Crippen LogP contribution in [0.1, 0.15) is 5.56 Å². The van der Waals surface area contributed by atoms with Gasteiger partial charge in [-0.3, -0.25) is 5.41 Å². The van der Waals surface area contributed by atoms with Gasteiger partial charge in [-0.25, -0.2) is 18.2 Å². The molecule has 0 atom stereocenters. The minimum Gasteiger partial charge on any atom is -0.451 e. The Bertz CT molecular complexity index is 891. The SMILES string of the molecule is N=C(N)c1cc(Oc2c(F)cc3[nH]cnc3c2F)ccc1F. The highest BCUT2D eigenvalue weighted by Gasteiger charge is 2.18. The molecule has 3 rings (SSSR count). The standard InChI is InChI=1S/C14H9F3N4O/c15-8-2-1-6(3-7(8)14(18)19)22-13-9(16)4-10-12(11(13)17)21-5-20-10/h1-5H,(H3,18,19)(H,20,21). The number of imidazole rings is 1. The molecule has 0 aliphatic rings. The zero-order valence-corrected chi connectivity index (χ0v) is 11.0. The molecule has 0 spiro atoms. The number of hydrogen-bond acceptors (Lipinski definition) is 3. The van der Waals surface area contributed by atoms with Crippen molar-refractivity contribution in [1.82, 2.24) is 9.97 Å². The molecule has 5 nitrogen and oxygen atoms in total. The van der Waals surface area contributed by atoms with Crippen LogP contribution in [-0.2, 0) is 0 Å². The summed E-state index contributed by atoms with van der Waals surface area (Å²) in [6, 6.07) is 4.30. The maximum Gasteiger partial charge on any atom is 0.201 e. The van der Waals surface area contributed by atoms with Gasteiger partial charge in [-0.2, -0.15) is 0 Å². The van der Waals surface area contributed by atoms with Crippen molar-refractivity contribution in [3.63, 3.8) is 0 Å². The number of amidine groups is 1. The van der Waals surface area contributed by atoms with E-state index < -0.39 is 29.0 Å². The van der Waals surface area contributed by atoms with Crippen molar-refractivity contribution in [3.8, 4) is 11.5 Å². The van der Waals surface area contributed by atoms with Gasteiger partial charge in [0, 0.05) is 6.07 Å². The van der Waals surface area contributed by atoms with E-state index in [1.807, 2.05) is 0 Å². The number of rotatable bonds is 3. The summed E-state index contributed by atoms with van der Waals surface area (Å²) in [4.78, 5) is 6.31. The van der Waals surface area contributed by atoms with Crippen LogP contribution in [0, 0.1) is 22.9 Å². The molecule has 0 bridgehead atoms. The van der Waals surface area contributed by atoms with Crippen LogP contribution in [0.5, 0.6) is 11.5 Å². The Morgan fingerprint density at radius 2 is 1.95 bits per heavy atom. The molecule has 8 heteroatoms. The normalized spacial score (nSPS) is 10.9. The van der Waals surface area contributed by atoms with Crippen LogP contribution in [0.2, 0.25) is 0 Å². The average molecular weight is 306 g/mol. The van der Waals surface area contributed by atoms with Crippen LogP contribution in [0.25, 0.3) is 11.0 Å². The topological polar surface area (TPSA) is 87.8 Å². The van der Waals surface area contributed by atoms with Crippen molar-refractivity contribution >= 4 is 16.9 Å². The first kappa shape index (κ1) is 13.9. The van der Waals surface area contributed by atoms with E-state index in [1.54, 1.807) is 0 Å². The Balaban J connectivity index is 2.06. The van der Waals surface area contributed by atoms with Crippen LogP contribution in [0.15, 0.2) is 30.6 Å². The zero-order chi connectivity index (χ0) is 15.9. The number of aromatic nitrogens is 2. The summed E-state index contributed by atoms with van der Waals surface area (Å²) >= 11 is 0. The first-order valence-electron chi connectivity index (χ1n) is 6.10. The van der Waals surface area contributed by atoms with Crippen molar-refractivity contribution in [2.45, 2.75) is 0 Å². The number of nitrogen functional groups attached to an aromatic ring is 1. The number of nitrogens with two attached hydrogens (primary N) is 1. The number of hydrogen-bond donors (Lipinski definition) is 3. The van der Waals surface area contributed by atoms with E-state index in [9.17, 15) is 13.2 Å². The molecule has 2 aromatic carbocycles. The van der Waals surface area contributed by atoms with Crippen LogP contribution < -0.4 is 10.5 Å². The Morgan fingerprint density at radius 1 is 1.18 bits per heavy atom. The van der Waals surface area contributed by atoms with Crippen LogP contribution >= 0.6 is 0 Å². The molecule has 0 radical (unpaired) electrons. The van der Waals surface area contributed by atoms with Gasteiger partial charge in [-0.1, -0.05) is 0 Å². The summed E-state index contributed by atoms with van der Waals surface area (Å²) in [7, 11) is 0. The Hall–Kier alpha value is -3.03. The fraction of sp³-hybridized carbons (Fsp3) is 0. The van der Waals surface area contributed by atoms with Crippen molar-refractivity contribution in [2.24, 2.45) is 5.73 Å². The summed E-state index contributed by atoms with van der Waals surface area (Å²) in [5.41, 5.74) is 5.11. The highest BCUT2D eigenvalue weighted by molar-refractivity contribution is 5.95. The highest BCUT2D eigenvalue weighted by atomic mass is 19.1. The molecular weight excluding hydrogens is 297 g/mol. The van der Waals surface area contributed by atoms with Gasteiger partial charge in [-0.15, -0.1) is 0 Å². The smallest absolute Gasteiger partial charge is 0.201 e. The van der Waals surface area contributed by atoms with E-state index in [-0.39, 0.29) is 22.3 Å². The molecular formula is C14H9F3N4O. The molecule has 1 heterocycles. The Morgan fingerprint density at radius 3 is 2.68 bits per heavy atom. The van der Waals surface area contributed by atoms with Crippen molar-refractivity contribution in [2.75, 3.05) is 0 Å². The third kappa shape index (κ3) is 2.24. The van der Waals surface area contributed by atoms with E-state index in [0.29, 0.717) is 0 Å². The zero-order valence-electron chi connectivity index (χ0n) is 11.0. The maximum atomic E-state index is 14.2. The maximum absolute atomic E-state index is 14.2. The number of ether oxygens (including phenoxy) is 1. The van der Waals surface area contributed by atoms with E-state index in [0.717, 1.165) is 18.2 Å². The number of fused-ring (bicyclic) bond motifs is 1. The Kier molecular flexibility index (Phi) is 3.21. The lowest BCUT2D eigenvalue weighted by Crippen LogP contribution is -2.13. The average Bonchev–Trinajstić information content (AvgIpc) is 2.93. The van der Waals surface area contributed by atoms with E-state index in [2.05, 4.69) is 9.97 Å². The molecule has 0 fully saturated rings. The number of aromatic amines is 1. The predicted octanol–water partition coefficient (Wildman–Crippen LogP) is 3.06. The van der Waals surface area contributed by atoms with Gasteiger partial charge in [0.2, 0.25) is 5.75 Å². The van der Waals surface area contributed by atoms with Gasteiger partial charge in [-0.05, 0) is 18.2 Å². The van der Waals surface area contributed by atoms with Crippen LogP contribution in [0.4, 0.5) is 13.2 Å². The Labute approximate surface area is 122 Å². The van der Waals surface area contributed by atoms with Crippen LogP contribution in [0.3, 0.4) is 0 Å². The van der Waals surface area contributed by atoms with Gasteiger partial charge < -0.3 is 15.5 Å². The first-order valence-corrected chi connectivity index (χ1v) is 6.10. The molecule has 22 heavy (non-hydrogen) atoms. The van der Waals surface area contributed by atoms with Gasteiger partial charge in [0.15, 0.2) is 11.6 Å². The summed E-state index contributed by atoms with van der Waals surface area (Å²) in [6.07, 6.45) is 1.22. The molecule has 3 aromatic rings. The molecule has 0 aliphatic carbocycles. The third-order valence-electron chi connectivity index (χ3n) is 3.01. The summed E-state index contributed by atoms with van der Waals surface area (Å²) in [6.45, 7) is 0.